The highest BCUT2D eigenvalue weighted by Gasteiger charge is 2.34. The monoisotopic (exact) mass is 435 g/mol. The van der Waals surface area contributed by atoms with Gasteiger partial charge in [-0.25, -0.2) is 4.79 Å². The van der Waals surface area contributed by atoms with Gasteiger partial charge in [-0.3, -0.25) is 0 Å². The summed E-state index contributed by atoms with van der Waals surface area (Å²) in [6, 6.07) is 0.127. The van der Waals surface area contributed by atoms with Crippen LogP contribution in [0.1, 0.15) is 79.1 Å². The minimum Gasteiger partial charge on any atom is -0.364 e. The Balaban J connectivity index is 2.25. The highest BCUT2D eigenvalue weighted by molar-refractivity contribution is 5.54. The Kier molecular flexibility index (Phi) is 10.5. The number of rotatable bonds is 7. The first-order valence-corrected chi connectivity index (χ1v) is 12.6. The summed E-state index contributed by atoms with van der Waals surface area (Å²) >= 11 is 0. The quantitative estimate of drug-likeness (QED) is 0.300. The number of nitrogens with zero attached hydrogens (tertiary/aromatic N) is 1. The van der Waals surface area contributed by atoms with Crippen molar-refractivity contribution in [1.29, 1.82) is 0 Å². The van der Waals surface area contributed by atoms with Gasteiger partial charge in [0, 0.05) is 17.8 Å². The number of carbonyl (C=O) groups excluding carboxylic acids is 1. The Bertz CT molecular complexity index is 779. The molecule has 2 aliphatic rings. The maximum absolute atomic E-state index is 11.4. The zero-order valence-corrected chi connectivity index (χ0v) is 21.0. The minimum absolute atomic E-state index is 0.127. The first-order chi connectivity index (χ1) is 15.3. The third-order valence-electron chi connectivity index (χ3n) is 7.88. The SMILES string of the molecule is C=C/C=C/C=C(\C)C1CCCCC(C)C(C(=C)C(=C)N2CCCCC2C(C)=C=O)C(C)C1. The van der Waals surface area contributed by atoms with E-state index in [1.54, 1.807) is 0 Å². The van der Waals surface area contributed by atoms with Crippen molar-refractivity contribution in [2.45, 2.75) is 85.1 Å². The molecular formula is C30H45NO. The van der Waals surface area contributed by atoms with Gasteiger partial charge in [-0.2, -0.15) is 0 Å². The molecule has 5 atom stereocenters. The van der Waals surface area contributed by atoms with Crippen molar-refractivity contribution >= 4 is 5.94 Å². The van der Waals surface area contributed by atoms with Crippen LogP contribution in [0.15, 0.2) is 66.5 Å². The standard InChI is InChI=1S/C30H45NO/c1-8-9-10-15-22(2)28-17-12-11-16-23(3)30(24(4)20-28)26(6)27(7)31-19-14-13-18-29(31)25(5)21-32/h8-10,15,23-24,28-30H,1,6-7,11-14,16-20H2,2-5H3/b10-9+,22-15+. The Hall–Kier alpha value is -2.05. The van der Waals surface area contributed by atoms with Gasteiger partial charge in [0.15, 0.2) is 0 Å². The van der Waals surface area contributed by atoms with Crippen LogP contribution in [-0.2, 0) is 4.79 Å². The fourth-order valence-electron chi connectivity index (χ4n) is 5.98. The second-order valence-corrected chi connectivity index (χ2v) is 10.2. The molecule has 32 heavy (non-hydrogen) atoms. The van der Waals surface area contributed by atoms with Gasteiger partial charge in [0.2, 0.25) is 0 Å². The molecule has 0 aromatic heterocycles. The molecule has 1 saturated heterocycles. The van der Waals surface area contributed by atoms with E-state index in [2.05, 4.69) is 63.5 Å². The van der Waals surface area contributed by atoms with Gasteiger partial charge in [0.25, 0.3) is 0 Å². The molecule has 2 rings (SSSR count). The topological polar surface area (TPSA) is 20.3 Å². The number of hydrogen-bond acceptors (Lipinski definition) is 2. The molecule has 0 N–H and O–H groups in total. The summed E-state index contributed by atoms with van der Waals surface area (Å²) in [5.74, 6) is 4.31. The van der Waals surface area contributed by atoms with E-state index in [1.165, 1.54) is 43.3 Å². The van der Waals surface area contributed by atoms with Crippen molar-refractivity contribution in [3.8, 4) is 0 Å². The van der Waals surface area contributed by atoms with Crippen LogP contribution < -0.4 is 0 Å². The molecule has 176 valence electrons. The first kappa shape index (κ1) is 26.2. The van der Waals surface area contributed by atoms with E-state index in [4.69, 9.17) is 0 Å². The fourth-order valence-corrected chi connectivity index (χ4v) is 5.98. The molecule has 0 spiro atoms. The van der Waals surface area contributed by atoms with Gasteiger partial charge in [0.1, 0.15) is 5.94 Å². The molecular weight excluding hydrogens is 390 g/mol. The van der Waals surface area contributed by atoms with Crippen LogP contribution in [0.2, 0.25) is 0 Å². The summed E-state index contributed by atoms with van der Waals surface area (Å²) in [6.45, 7) is 22.9. The predicted molar refractivity (Wildman–Crippen MR) is 139 cm³/mol. The Morgan fingerprint density at radius 2 is 1.66 bits per heavy atom. The maximum Gasteiger partial charge on any atom is 0.125 e. The minimum atomic E-state index is 0.127. The van der Waals surface area contributed by atoms with Crippen LogP contribution in [0.4, 0.5) is 0 Å². The summed E-state index contributed by atoms with van der Waals surface area (Å²) in [5, 5.41) is 0. The average molecular weight is 436 g/mol. The number of likely N-dealkylation sites (tertiary alicyclic amines) is 1. The van der Waals surface area contributed by atoms with Gasteiger partial charge >= 0.3 is 0 Å². The molecule has 1 saturated carbocycles. The third-order valence-corrected chi connectivity index (χ3v) is 7.88. The number of piperidine rings is 1. The molecule has 1 heterocycles. The van der Waals surface area contributed by atoms with Crippen LogP contribution in [-0.4, -0.2) is 23.4 Å². The Morgan fingerprint density at radius 1 is 0.969 bits per heavy atom. The molecule has 5 unspecified atom stereocenters. The van der Waals surface area contributed by atoms with Crippen molar-refractivity contribution in [1.82, 2.24) is 4.90 Å². The summed E-state index contributed by atoms with van der Waals surface area (Å²) in [6.07, 6.45) is 17.8. The lowest BCUT2D eigenvalue weighted by atomic mass is 9.72. The van der Waals surface area contributed by atoms with E-state index in [-0.39, 0.29) is 6.04 Å². The zero-order valence-electron chi connectivity index (χ0n) is 21.0. The molecule has 2 heteroatoms. The lowest BCUT2D eigenvalue weighted by Gasteiger charge is -2.42. The van der Waals surface area contributed by atoms with E-state index in [0.29, 0.717) is 23.7 Å². The predicted octanol–water partition coefficient (Wildman–Crippen LogP) is 7.85. The Labute approximate surface area is 197 Å². The average Bonchev–Trinajstić information content (AvgIpc) is 2.86. The molecule has 0 aromatic rings. The molecule has 0 amide bonds. The van der Waals surface area contributed by atoms with Crippen LogP contribution >= 0.6 is 0 Å². The van der Waals surface area contributed by atoms with E-state index in [0.717, 1.165) is 37.1 Å². The van der Waals surface area contributed by atoms with Crippen molar-refractivity contribution in [3.63, 3.8) is 0 Å². The second kappa shape index (κ2) is 12.9. The van der Waals surface area contributed by atoms with Crippen molar-refractivity contribution in [2.24, 2.45) is 23.7 Å². The highest BCUT2D eigenvalue weighted by atomic mass is 16.1. The summed E-state index contributed by atoms with van der Waals surface area (Å²) in [7, 11) is 0. The Morgan fingerprint density at radius 3 is 2.34 bits per heavy atom. The fraction of sp³-hybridized carbons (Fsp3) is 0.600. The molecule has 0 bridgehead atoms. The van der Waals surface area contributed by atoms with Crippen molar-refractivity contribution < 1.29 is 4.79 Å². The third kappa shape index (κ3) is 6.72. The van der Waals surface area contributed by atoms with Crippen LogP contribution in [0.5, 0.6) is 0 Å². The normalized spacial score (nSPS) is 30.1. The molecule has 0 radical (unpaired) electrons. The lowest BCUT2D eigenvalue weighted by molar-refractivity contribution is 0.207. The number of allylic oxidation sites excluding steroid dienone is 6. The van der Waals surface area contributed by atoms with Crippen LogP contribution in [0, 0.1) is 23.7 Å². The van der Waals surface area contributed by atoms with Gasteiger partial charge in [0.05, 0.1) is 6.04 Å². The van der Waals surface area contributed by atoms with Crippen LogP contribution in [0.25, 0.3) is 0 Å². The molecule has 1 aliphatic heterocycles. The first-order valence-electron chi connectivity index (χ1n) is 12.6. The van der Waals surface area contributed by atoms with E-state index in [1.807, 2.05) is 19.1 Å². The van der Waals surface area contributed by atoms with Crippen molar-refractivity contribution in [2.75, 3.05) is 6.54 Å². The van der Waals surface area contributed by atoms with Crippen LogP contribution in [0.3, 0.4) is 0 Å². The molecule has 2 nitrogen and oxygen atoms in total. The highest BCUT2D eigenvalue weighted by Crippen LogP contribution is 2.42. The summed E-state index contributed by atoms with van der Waals surface area (Å²) in [5.41, 5.74) is 4.49. The van der Waals surface area contributed by atoms with E-state index in [9.17, 15) is 4.79 Å². The van der Waals surface area contributed by atoms with Gasteiger partial charge in [-0.05, 0) is 75.2 Å². The van der Waals surface area contributed by atoms with Gasteiger partial charge in [-0.15, -0.1) is 0 Å². The zero-order chi connectivity index (χ0) is 23.7. The van der Waals surface area contributed by atoms with Gasteiger partial charge in [-0.1, -0.05) is 82.7 Å². The largest absolute Gasteiger partial charge is 0.364 e. The van der Waals surface area contributed by atoms with E-state index < -0.39 is 0 Å². The summed E-state index contributed by atoms with van der Waals surface area (Å²) < 4.78 is 0. The van der Waals surface area contributed by atoms with Gasteiger partial charge < -0.3 is 4.90 Å². The lowest BCUT2D eigenvalue weighted by Crippen LogP contribution is -2.41. The smallest absolute Gasteiger partial charge is 0.125 e. The molecule has 2 fully saturated rings. The molecule has 0 aromatic carbocycles. The number of hydrogen-bond donors (Lipinski definition) is 0. The van der Waals surface area contributed by atoms with Crippen molar-refractivity contribution in [3.05, 3.63) is 66.5 Å². The maximum atomic E-state index is 11.4. The molecule has 1 aliphatic carbocycles. The summed E-state index contributed by atoms with van der Waals surface area (Å²) in [4.78, 5) is 13.8. The van der Waals surface area contributed by atoms with E-state index >= 15 is 0 Å². The second-order valence-electron chi connectivity index (χ2n) is 10.2.